The van der Waals surface area contributed by atoms with E-state index in [1.165, 1.54) is 78.8 Å². The van der Waals surface area contributed by atoms with Gasteiger partial charge in [-0.15, -0.1) is 0 Å². The SMILES string of the molecule is Cc1c2c(nn1C)CCC2.Cc1c2c(nn1C)CCCC2. The van der Waals surface area contributed by atoms with Gasteiger partial charge in [0, 0.05) is 25.5 Å². The summed E-state index contributed by atoms with van der Waals surface area (Å²) in [6.07, 6.45) is 8.85. The average Bonchev–Trinajstić information content (AvgIpc) is 3.11. The van der Waals surface area contributed by atoms with Crippen molar-refractivity contribution in [2.24, 2.45) is 14.1 Å². The molecule has 0 saturated heterocycles. The van der Waals surface area contributed by atoms with Crippen molar-refractivity contribution in [3.05, 3.63) is 33.9 Å². The first-order chi connectivity index (χ1) is 10.1. The van der Waals surface area contributed by atoms with Gasteiger partial charge in [-0.3, -0.25) is 9.36 Å². The first-order valence-electron chi connectivity index (χ1n) is 8.10. The zero-order valence-electron chi connectivity index (χ0n) is 13.7. The standard InChI is InChI=1S/C9H14N2.C8H12N2/c1-7-8-5-3-4-6-9(8)10-11(7)2;1-6-7-4-3-5-8(7)9-10(6)2/h3-6H2,1-2H3;3-5H2,1-2H3. The third kappa shape index (κ3) is 2.63. The van der Waals surface area contributed by atoms with Crippen LogP contribution >= 0.6 is 0 Å². The Bertz CT molecular complexity index is 648. The highest BCUT2D eigenvalue weighted by Crippen LogP contribution is 2.23. The summed E-state index contributed by atoms with van der Waals surface area (Å²) in [6, 6.07) is 0. The van der Waals surface area contributed by atoms with Crippen LogP contribution in [0.5, 0.6) is 0 Å². The maximum atomic E-state index is 4.47. The van der Waals surface area contributed by atoms with E-state index in [0.29, 0.717) is 0 Å². The van der Waals surface area contributed by atoms with Gasteiger partial charge in [0.1, 0.15) is 0 Å². The van der Waals surface area contributed by atoms with Crippen molar-refractivity contribution >= 4 is 0 Å². The van der Waals surface area contributed by atoms with Gasteiger partial charge in [-0.1, -0.05) is 0 Å². The second kappa shape index (κ2) is 5.66. The van der Waals surface area contributed by atoms with Gasteiger partial charge < -0.3 is 0 Å². The molecule has 4 nitrogen and oxygen atoms in total. The second-order valence-corrected chi connectivity index (χ2v) is 6.33. The lowest BCUT2D eigenvalue weighted by molar-refractivity contribution is 0.664. The summed E-state index contributed by atoms with van der Waals surface area (Å²) in [4.78, 5) is 0. The Morgan fingerprint density at radius 3 is 1.62 bits per heavy atom. The second-order valence-electron chi connectivity index (χ2n) is 6.33. The molecule has 0 spiro atoms. The highest BCUT2D eigenvalue weighted by molar-refractivity contribution is 5.29. The monoisotopic (exact) mass is 286 g/mol. The number of nitrogens with zero attached hydrogens (tertiary/aromatic N) is 4. The lowest BCUT2D eigenvalue weighted by Gasteiger charge is -2.08. The normalized spacial score (nSPS) is 16.2. The first-order valence-corrected chi connectivity index (χ1v) is 8.10. The summed E-state index contributed by atoms with van der Waals surface area (Å²) < 4.78 is 4.00. The van der Waals surface area contributed by atoms with Crippen LogP contribution < -0.4 is 0 Å². The van der Waals surface area contributed by atoms with E-state index in [1.54, 1.807) is 0 Å². The van der Waals surface area contributed by atoms with Gasteiger partial charge in [0.25, 0.3) is 0 Å². The van der Waals surface area contributed by atoms with E-state index in [1.807, 2.05) is 23.5 Å². The molecule has 0 atom stereocenters. The Morgan fingerprint density at radius 1 is 0.667 bits per heavy atom. The van der Waals surface area contributed by atoms with E-state index in [4.69, 9.17) is 0 Å². The van der Waals surface area contributed by atoms with E-state index in [2.05, 4.69) is 24.0 Å². The molecule has 2 aromatic rings. The molecule has 0 unspecified atom stereocenters. The minimum atomic E-state index is 1.19. The molecule has 4 rings (SSSR count). The highest BCUT2D eigenvalue weighted by Gasteiger charge is 2.17. The number of hydrogen-bond acceptors (Lipinski definition) is 2. The Labute approximate surface area is 127 Å². The van der Waals surface area contributed by atoms with Gasteiger partial charge in [-0.25, -0.2) is 0 Å². The lowest BCUT2D eigenvalue weighted by atomic mass is 9.96. The van der Waals surface area contributed by atoms with E-state index in [-0.39, 0.29) is 0 Å². The molecule has 0 saturated carbocycles. The summed E-state index contributed by atoms with van der Waals surface area (Å²) in [6.45, 7) is 4.31. The molecule has 0 aliphatic heterocycles. The van der Waals surface area contributed by atoms with Crippen LogP contribution in [-0.2, 0) is 39.8 Å². The number of rotatable bonds is 0. The summed E-state index contributed by atoms with van der Waals surface area (Å²) >= 11 is 0. The minimum Gasteiger partial charge on any atom is -0.272 e. The molecule has 0 fully saturated rings. The molecule has 4 heteroatoms. The van der Waals surface area contributed by atoms with Crippen molar-refractivity contribution in [2.75, 3.05) is 0 Å². The highest BCUT2D eigenvalue weighted by atomic mass is 15.3. The Hall–Kier alpha value is -1.58. The Morgan fingerprint density at radius 2 is 1.10 bits per heavy atom. The fourth-order valence-corrected chi connectivity index (χ4v) is 3.52. The van der Waals surface area contributed by atoms with Crippen molar-refractivity contribution in [1.29, 1.82) is 0 Å². The van der Waals surface area contributed by atoms with Crippen LogP contribution in [0, 0.1) is 13.8 Å². The van der Waals surface area contributed by atoms with Crippen LogP contribution in [0.1, 0.15) is 53.2 Å². The smallest absolute Gasteiger partial charge is 0.0659 e. The fourth-order valence-electron chi connectivity index (χ4n) is 3.52. The van der Waals surface area contributed by atoms with Crippen LogP contribution in [0.4, 0.5) is 0 Å². The summed E-state index contributed by atoms with van der Waals surface area (Å²) in [5.74, 6) is 0. The van der Waals surface area contributed by atoms with Gasteiger partial charge in [0.05, 0.1) is 11.4 Å². The lowest BCUT2D eigenvalue weighted by Crippen LogP contribution is -2.00. The summed E-state index contributed by atoms with van der Waals surface area (Å²) in [5, 5.41) is 8.87. The molecule has 2 aliphatic rings. The third-order valence-corrected chi connectivity index (χ3v) is 5.01. The molecule has 0 bridgehead atoms. The van der Waals surface area contributed by atoms with E-state index in [0.717, 1.165) is 0 Å². The molecular formula is C17H26N4. The number of fused-ring (bicyclic) bond motifs is 2. The Balaban J connectivity index is 0.000000126. The summed E-state index contributed by atoms with van der Waals surface area (Å²) in [5.41, 5.74) is 8.41. The number of aryl methyl sites for hydroxylation is 4. The molecule has 0 aromatic carbocycles. The number of aromatic nitrogens is 4. The van der Waals surface area contributed by atoms with Gasteiger partial charge in [-0.2, -0.15) is 10.2 Å². The van der Waals surface area contributed by atoms with Gasteiger partial charge in [-0.05, 0) is 69.9 Å². The van der Waals surface area contributed by atoms with Crippen LogP contribution in [0.3, 0.4) is 0 Å². The largest absolute Gasteiger partial charge is 0.272 e. The minimum absolute atomic E-state index is 1.19. The van der Waals surface area contributed by atoms with Crippen LogP contribution in [-0.4, -0.2) is 19.6 Å². The predicted octanol–water partition coefficient (Wildman–Crippen LogP) is 2.82. The van der Waals surface area contributed by atoms with Gasteiger partial charge in [0.2, 0.25) is 0 Å². The summed E-state index contributed by atoms with van der Waals surface area (Å²) in [7, 11) is 4.06. The van der Waals surface area contributed by atoms with E-state index >= 15 is 0 Å². The van der Waals surface area contributed by atoms with Crippen molar-refractivity contribution in [1.82, 2.24) is 19.6 Å². The van der Waals surface area contributed by atoms with Crippen LogP contribution in [0.2, 0.25) is 0 Å². The number of hydrogen-bond donors (Lipinski definition) is 0. The van der Waals surface area contributed by atoms with Crippen molar-refractivity contribution in [3.63, 3.8) is 0 Å². The van der Waals surface area contributed by atoms with Crippen LogP contribution in [0.15, 0.2) is 0 Å². The molecular weight excluding hydrogens is 260 g/mol. The van der Waals surface area contributed by atoms with Gasteiger partial charge in [0.15, 0.2) is 0 Å². The van der Waals surface area contributed by atoms with Gasteiger partial charge >= 0.3 is 0 Å². The van der Waals surface area contributed by atoms with Crippen LogP contribution in [0.25, 0.3) is 0 Å². The van der Waals surface area contributed by atoms with Crippen molar-refractivity contribution < 1.29 is 0 Å². The first kappa shape index (κ1) is 14.4. The maximum Gasteiger partial charge on any atom is 0.0659 e. The predicted molar refractivity (Wildman–Crippen MR) is 84.6 cm³/mol. The zero-order chi connectivity index (χ0) is 15.0. The molecule has 0 N–H and O–H groups in total. The quantitative estimate of drug-likeness (QED) is 0.746. The molecule has 2 aromatic heterocycles. The average molecular weight is 286 g/mol. The molecule has 0 amide bonds. The molecule has 0 radical (unpaired) electrons. The van der Waals surface area contributed by atoms with E-state index < -0.39 is 0 Å². The van der Waals surface area contributed by atoms with Crippen molar-refractivity contribution in [3.8, 4) is 0 Å². The van der Waals surface area contributed by atoms with E-state index in [9.17, 15) is 0 Å². The third-order valence-electron chi connectivity index (χ3n) is 5.01. The molecule has 21 heavy (non-hydrogen) atoms. The Kier molecular flexibility index (Phi) is 3.87. The topological polar surface area (TPSA) is 35.6 Å². The van der Waals surface area contributed by atoms with Crippen molar-refractivity contribution in [2.45, 2.75) is 58.8 Å². The fraction of sp³-hybridized carbons (Fsp3) is 0.647. The maximum absolute atomic E-state index is 4.47. The molecule has 114 valence electrons. The zero-order valence-corrected chi connectivity index (χ0v) is 13.7. The molecule has 2 heterocycles. The molecule has 2 aliphatic carbocycles.